The van der Waals surface area contributed by atoms with Gasteiger partial charge in [0, 0.05) is 32.2 Å². The molecule has 156 valence electrons. The van der Waals surface area contributed by atoms with Crippen LogP contribution in [0.2, 0.25) is 0 Å². The van der Waals surface area contributed by atoms with Crippen LogP contribution in [0.1, 0.15) is 0 Å². The number of benzene rings is 2. The van der Waals surface area contributed by atoms with Crippen LogP contribution in [0.4, 0.5) is 20.7 Å². The van der Waals surface area contributed by atoms with Crippen molar-refractivity contribution in [3.05, 3.63) is 48.3 Å². The van der Waals surface area contributed by atoms with Gasteiger partial charge >= 0.3 is 6.03 Å². The summed E-state index contributed by atoms with van der Waals surface area (Å²) < 4.78 is 24.2. The molecular formula is C21H22FN5O3. The lowest BCUT2D eigenvalue weighted by atomic mass is 10.2. The van der Waals surface area contributed by atoms with Gasteiger partial charge in [-0.2, -0.15) is 0 Å². The van der Waals surface area contributed by atoms with E-state index in [1.807, 2.05) is 24.3 Å². The van der Waals surface area contributed by atoms with Gasteiger partial charge in [0.25, 0.3) is 5.88 Å². The van der Waals surface area contributed by atoms with Gasteiger partial charge in [0.15, 0.2) is 5.82 Å². The molecule has 1 aliphatic rings. The van der Waals surface area contributed by atoms with E-state index in [9.17, 15) is 9.18 Å². The number of nitrogens with zero attached hydrogens (tertiary/aromatic N) is 4. The number of amides is 2. The number of carbonyl (C=O) groups excluding carboxylic acids is 1. The third-order valence-electron chi connectivity index (χ3n) is 5.01. The predicted octanol–water partition coefficient (Wildman–Crippen LogP) is 3.14. The summed E-state index contributed by atoms with van der Waals surface area (Å²) in [6, 6.07) is 11.6. The van der Waals surface area contributed by atoms with E-state index in [0.29, 0.717) is 37.2 Å². The van der Waals surface area contributed by atoms with Crippen molar-refractivity contribution in [2.24, 2.45) is 0 Å². The average molecular weight is 411 g/mol. The first-order valence-corrected chi connectivity index (χ1v) is 9.54. The van der Waals surface area contributed by atoms with Gasteiger partial charge in [-0.15, -0.1) is 0 Å². The summed E-state index contributed by atoms with van der Waals surface area (Å²) in [5.74, 6) is 0.716. The zero-order valence-corrected chi connectivity index (χ0v) is 16.8. The van der Waals surface area contributed by atoms with Crippen LogP contribution in [0.15, 0.2) is 42.5 Å². The molecule has 2 aromatic carbocycles. The largest absolute Gasteiger partial charge is 0.495 e. The second-order valence-electron chi connectivity index (χ2n) is 6.79. The highest BCUT2D eigenvalue weighted by molar-refractivity contribution is 5.91. The molecule has 0 unspecified atom stereocenters. The first kappa shape index (κ1) is 19.7. The molecule has 0 atom stereocenters. The van der Waals surface area contributed by atoms with Crippen molar-refractivity contribution in [1.29, 1.82) is 0 Å². The van der Waals surface area contributed by atoms with Crippen LogP contribution >= 0.6 is 0 Å². The SMILES string of the molecule is COc1ccccc1N1CCN(C(=O)Nc2nc3cc(F)ccc3nc2OC)CC1. The third-order valence-corrected chi connectivity index (χ3v) is 5.01. The van der Waals surface area contributed by atoms with E-state index in [2.05, 4.69) is 20.2 Å². The van der Waals surface area contributed by atoms with Crippen LogP contribution in [0.5, 0.6) is 11.6 Å². The molecule has 8 nitrogen and oxygen atoms in total. The van der Waals surface area contributed by atoms with Gasteiger partial charge in [-0.05, 0) is 24.3 Å². The number of aromatic nitrogens is 2. The Hall–Kier alpha value is -3.62. The second-order valence-corrected chi connectivity index (χ2v) is 6.79. The minimum atomic E-state index is -0.424. The summed E-state index contributed by atoms with van der Waals surface area (Å²) in [4.78, 5) is 25.3. The summed E-state index contributed by atoms with van der Waals surface area (Å²) in [6.07, 6.45) is 0. The zero-order chi connectivity index (χ0) is 21.1. The normalized spacial score (nSPS) is 14.0. The van der Waals surface area contributed by atoms with Crippen molar-refractivity contribution in [2.75, 3.05) is 50.6 Å². The monoisotopic (exact) mass is 411 g/mol. The Kier molecular flexibility index (Phi) is 5.51. The summed E-state index contributed by atoms with van der Waals surface area (Å²) in [5.41, 5.74) is 1.83. The lowest BCUT2D eigenvalue weighted by molar-refractivity contribution is 0.208. The number of para-hydroxylation sites is 2. The Morgan fingerprint density at radius 1 is 1.00 bits per heavy atom. The molecule has 2 heterocycles. The fourth-order valence-electron chi connectivity index (χ4n) is 3.46. The number of carbonyl (C=O) groups is 1. The molecule has 1 aromatic heterocycles. The Labute approximate surface area is 173 Å². The standard InChI is InChI=1S/C21H22FN5O3/c1-29-18-6-4-3-5-17(18)26-9-11-27(12-10-26)21(28)25-19-20(30-2)24-15-8-7-14(22)13-16(15)23-19/h3-8,13H,9-12H2,1-2H3,(H,23,25,28). The van der Waals surface area contributed by atoms with E-state index in [4.69, 9.17) is 9.47 Å². The van der Waals surface area contributed by atoms with Crippen molar-refractivity contribution < 1.29 is 18.7 Å². The van der Waals surface area contributed by atoms with E-state index >= 15 is 0 Å². The Morgan fingerprint density at radius 2 is 1.77 bits per heavy atom. The molecule has 0 radical (unpaired) electrons. The smallest absolute Gasteiger partial charge is 0.323 e. The average Bonchev–Trinajstić information content (AvgIpc) is 2.78. The van der Waals surface area contributed by atoms with Crippen molar-refractivity contribution in [3.63, 3.8) is 0 Å². The highest BCUT2D eigenvalue weighted by atomic mass is 19.1. The summed E-state index contributed by atoms with van der Waals surface area (Å²) >= 11 is 0. The molecule has 9 heteroatoms. The van der Waals surface area contributed by atoms with Gasteiger partial charge in [-0.25, -0.2) is 19.2 Å². The molecule has 2 amide bonds. The number of hydrogen-bond acceptors (Lipinski definition) is 6. The number of fused-ring (bicyclic) bond motifs is 1. The molecule has 1 fully saturated rings. The highest BCUT2D eigenvalue weighted by Gasteiger charge is 2.24. The maximum absolute atomic E-state index is 13.5. The highest BCUT2D eigenvalue weighted by Crippen LogP contribution is 2.29. The topological polar surface area (TPSA) is 79.8 Å². The van der Waals surface area contributed by atoms with Gasteiger partial charge in [0.05, 0.1) is 30.9 Å². The predicted molar refractivity (Wildman–Crippen MR) is 112 cm³/mol. The molecule has 0 saturated carbocycles. The molecule has 1 aliphatic heterocycles. The van der Waals surface area contributed by atoms with E-state index in [0.717, 1.165) is 11.4 Å². The van der Waals surface area contributed by atoms with Gasteiger partial charge in [-0.1, -0.05) is 12.1 Å². The minimum Gasteiger partial charge on any atom is -0.495 e. The van der Waals surface area contributed by atoms with Gasteiger partial charge < -0.3 is 19.3 Å². The Morgan fingerprint density at radius 3 is 2.50 bits per heavy atom. The molecule has 1 N–H and O–H groups in total. The number of methoxy groups -OCH3 is 2. The first-order chi connectivity index (χ1) is 14.6. The number of piperazine rings is 1. The number of urea groups is 1. The molecule has 30 heavy (non-hydrogen) atoms. The fraction of sp³-hybridized carbons (Fsp3) is 0.286. The summed E-state index contributed by atoms with van der Waals surface area (Å²) in [7, 11) is 3.09. The number of halogens is 1. The van der Waals surface area contributed by atoms with Crippen LogP contribution in [0, 0.1) is 5.82 Å². The number of ether oxygens (including phenoxy) is 2. The van der Waals surface area contributed by atoms with E-state index < -0.39 is 5.82 Å². The number of anilines is 2. The second kappa shape index (κ2) is 8.40. The van der Waals surface area contributed by atoms with Crippen molar-refractivity contribution in [1.82, 2.24) is 14.9 Å². The lowest BCUT2D eigenvalue weighted by Crippen LogP contribution is -2.50. The van der Waals surface area contributed by atoms with Gasteiger partial charge in [0.2, 0.25) is 0 Å². The summed E-state index contributed by atoms with van der Waals surface area (Å²) in [5, 5.41) is 2.74. The molecule has 0 bridgehead atoms. The Balaban J connectivity index is 1.46. The van der Waals surface area contributed by atoms with Crippen molar-refractivity contribution >= 4 is 28.6 Å². The zero-order valence-electron chi connectivity index (χ0n) is 16.8. The van der Waals surface area contributed by atoms with Crippen LogP contribution in [0.3, 0.4) is 0 Å². The maximum Gasteiger partial charge on any atom is 0.323 e. The van der Waals surface area contributed by atoms with Crippen LogP contribution < -0.4 is 19.7 Å². The van der Waals surface area contributed by atoms with E-state index in [1.54, 1.807) is 12.0 Å². The Bertz CT molecular complexity index is 1070. The quantitative estimate of drug-likeness (QED) is 0.711. The third kappa shape index (κ3) is 3.91. The minimum absolute atomic E-state index is 0.160. The molecule has 3 aromatic rings. The number of rotatable bonds is 4. The number of nitrogens with one attached hydrogen (secondary N) is 1. The van der Waals surface area contributed by atoms with Crippen LogP contribution in [0.25, 0.3) is 11.0 Å². The summed E-state index contributed by atoms with van der Waals surface area (Å²) in [6.45, 7) is 2.39. The number of hydrogen-bond donors (Lipinski definition) is 1. The van der Waals surface area contributed by atoms with Crippen LogP contribution in [-0.4, -0.2) is 61.3 Å². The molecular weight excluding hydrogens is 389 g/mol. The van der Waals surface area contributed by atoms with Gasteiger partial charge in [-0.3, -0.25) is 5.32 Å². The molecule has 0 aliphatic carbocycles. The van der Waals surface area contributed by atoms with E-state index in [1.165, 1.54) is 25.3 Å². The van der Waals surface area contributed by atoms with Gasteiger partial charge in [0.1, 0.15) is 11.6 Å². The molecule has 1 saturated heterocycles. The van der Waals surface area contributed by atoms with Crippen molar-refractivity contribution in [2.45, 2.75) is 0 Å². The molecule has 0 spiro atoms. The van der Waals surface area contributed by atoms with Crippen LogP contribution in [-0.2, 0) is 0 Å². The first-order valence-electron chi connectivity index (χ1n) is 9.54. The maximum atomic E-state index is 13.5. The lowest BCUT2D eigenvalue weighted by Gasteiger charge is -2.36. The van der Waals surface area contributed by atoms with Crippen molar-refractivity contribution in [3.8, 4) is 11.6 Å². The van der Waals surface area contributed by atoms with E-state index in [-0.39, 0.29) is 17.7 Å². The molecule has 4 rings (SSSR count). The fourth-order valence-corrected chi connectivity index (χ4v) is 3.46.